The van der Waals surface area contributed by atoms with Crippen LogP contribution in [0.15, 0.2) is 48.5 Å². The number of carbonyl (C=O) groups is 4. The average molecular weight is 719 g/mol. The van der Waals surface area contributed by atoms with Crippen LogP contribution < -0.4 is 31.2 Å². The van der Waals surface area contributed by atoms with Gasteiger partial charge in [0.05, 0.1) is 19.2 Å². The Kier molecular flexibility index (Phi) is 14.5. The lowest BCUT2D eigenvalue weighted by Gasteiger charge is -2.33. The quantitative estimate of drug-likeness (QED) is 0.129. The number of rotatable bonds is 16. The van der Waals surface area contributed by atoms with Gasteiger partial charge >= 0.3 is 18.1 Å². The number of esters is 1. The normalized spacial score (nSPS) is 14.5. The third kappa shape index (κ3) is 13.1. The topological polar surface area (TPSA) is 178 Å². The Morgan fingerprint density at radius 3 is 1.92 bits per heavy atom. The van der Waals surface area contributed by atoms with Crippen LogP contribution in [0.3, 0.4) is 0 Å². The highest BCUT2D eigenvalue weighted by Crippen LogP contribution is 2.27. The van der Waals surface area contributed by atoms with Gasteiger partial charge in [0, 0.05) is 0 Å². The van der Waals surface area contributed by atoms with Crippen molar-refractivity contribution in [3.8, 4) is 11.5 Å². The summed E-state index contributed by atoms with van der Waals surface area (Å²) >= 11 is 0. The van der Waals surface area contributed by atoms with Gasteiger partial charge in [-0.2, -0.15) is 22.0 Å². The number of halogens is 5. The number of aliphatic hydroxyl groups excluding tert-OH is 1. The second-order valence-corrected chi connectivity index (χ2v) is 12.7. The first-order valence-corrected chi connectivity index (χ1v) is 15.4. The van der Waals surface area contributed by atoms with Crippen molar-refractivity contribution in [3.05, 3.63) is 59.7 Å². The van der Waals surface area contributed by atoms with Crippen molar-refractivity contribution in [3.63, 3.8) is 0 Å². The molecular weight excluding hydrogens is 675 g/mol. The summed E-state index contributed by atoms with van der Waals surface area (Å²) in [5, 5.41) is 16.2. The molecule has 0 aliphatic heterocycles. The van der Waals surface area contributed by atoms with Crippen LogP contribution in [0.5, 0.6) is 11.5 Å². The number of nitrogens with two attached hydrogens (primary N) is 1. The van der Waals surface area contributed by atoms with Crippen molar-refractivity contribution in [2.75, 3.05) is 20.3 Å². The van der Waals surface area contributed by atoms with Crippen molar-refractivity contribution < 1.29 is 60.4 Å². The molecule has 0 heterocycles. The minimum absolute atomic E-state index is 0.0261. The zero-order valence-corrected chi connectivity index (χ0v) is 28.4. The predicted octanol–water partition coefficient (Wildman–Crippen LogP) is 2.96. The lowest BCUT2D eigenvalue weighted by atomic mass is 9.93. The van der Waals surface area contributed by atoms with Crippen LogP contribution in [0.25, 0.3) is 0 Å². The molecule has 0 fully saturated rings. The molecule has 0 aliphatic rings. The Morgan fingerprint density at radius 2 is 1.42 bits per heavy atom. The molecule has 0 radical (unpaired) electrons. The van der Waals surface area contributed by atoms with Gasteiger partial charge in [-0.25, -0.2) is 4.79 Å². The number of amides is 3. The monoisotopic (exact) mass is 718 g/mol. The predicted molar refractivity (Wildman–Crippen MR) is 170 cm³/mol. The molecule has 0 aromatic heterocycles. The summed E-state index contributed by atoms with van der Waals surface area (Å²) in [5.74, 6) is -9.86. The first-order chi connectivity index (χ1) is 23.0. The maximum Gasteiger partial charge on any atom is 0.405 e. The van der Waals surface area contributed by atoms with Gasteiger partial charge in [0.25, 0.3) is 5.91 Å². The highest BCUT2D eigenvalue weighted by molar-refractivity contribution is 5.91. The van der Waals surface area contributed by atoms with Crippen molar-refractivity contribution in [2.24, 2.45) is 11.7 Å². The van der Waals surface area contributed by atoms with Gasteiger partial charge in [0.1, 0.15) is 35.8 Å². The Bertz CT molecular complexity index is 1450. The molecule has 0 unspecified atom stereocenters. The number of hydrogen-bond acceptors (Lipinski definition) is 9. The molecule has 12 nitrogen and oxygen atoms in total. The second kappa shape index (κ2) is 17.4. The highest BCUT2D eigenvalue weighted by atomic mass is 19.4. The summed E-state index contributed by atoms with van der Waals surface area (Å²) in [7, 11) is 1.39. The molecule has 2 aromatic carbocycles. The van der Waals surface area contributed by atoms with E-state index in [1.807, 2.05) is 0 Å². The Balaban J connectivity index is 2.21. The molecule has 6 N–H and O–H groups in total. The van der Waals surface area contributed by atoms with E-state index in [4.69, 9.17) is 19.9 Å². The highest BCUT2D eigenvalue weighted by Gasteiger charge is 2.52. The molecule has 0 aliphatic carbocycles. The Hall–Kier alpha value is -4.51. The smallest absolute Gasteiger partial charge is 0.405 e. The van der Waals surface area contributed by atoms with Gasteiger partial charge in [0.15, 0.2) is 6.61 Å². The van der Waals surface area contributed by atoms with Gasteiger partial charge < -0.3 is 41.0 Å². The van der Waals surface area contributed by atoms with Gasteiger partial charge in [-0.15, -0.1) is 0 Å². The molecule has 17 heteroatoms. The molecule has 50 heavy (non-hydrogen) atoms. The van der Waals surface area contributed by atoms with E-state index in [1.54, 1.807) is 45.0 Å². The minimum atomic E-state index is -4.99. The van der Waals surface area contributed by atoms with Crippen molar-refractivity contribution >= 4 is 23.7 Å². The van der Waals surface area contributed by atoms with E-state index in [9.17, 15) is 46.2 Å². The SMILES string of the molecule is COc1ccc([C@H](NC(=O)[C@@H](N)Cc2ccc(OCC(=O)OC(C)(C)C)cc2)C(=O)N[C@@H](C(C)C)[C@@H](O)C(F)(F)C(=O)NCC(F)(F)F)cc1. The summed E-state index contributed by atoms with van der Waals surface area (Å²) in [6.07, 6.45) is -7.97. The lowest BCUT2D eigenvalue weighted by Crippen LogP contribution is -2.60. The molecule has 2 aromatic rings. The molecule has 278 valence electrons. The third-order valence-corrected chi connectivity index (χ3v) is 6.98. The lowest BCUT2D eigenvalue weighted by molar-refractivity contribution is -0.175. The van der Waals surface area contributed by atoms with Gasteiger partial charge in [-0.3, -0.25) is 14.4 Å². The van der Waals surface area contributed by atoms with Crippen LogP contribution in [0, 0.1) is 5.92 Å². The van der Waals surface area contributed by atoms with E-state index in [1.165, 1.54) is 45.2 Å². The molecule has 0 saturated heterocycles. The fourth-order valence-corrected chi connectivity index (χ4v) is 4.44. The van der Waals surface area contributed by atoms with Gasteiger partial charge in [-0.1, -0.05) is 38.1 Å². The van der Waals surface area contributed by atoms with E-state index < -0.39 is 78.1 Å². The minimum Gasteiger partial charge on any atom is -0.497 e. The van der Waals surface area contributed by atoms with Crippen LogP contribution in [0.2, 0.25) is 0 Å². The largest absolute Gasteiger partial charge is 0.497 e. The molecule has 0 bridgehead atoms. The number of benzene rings is 2. The van der Waals surface area contributed by atoms with E-state index in [0.717, 1.165) is 5.32 Å². The Labute approximate surface area is 286 Å². The number of alkyl halides is 5. The van der Waals surface area contributed by atoms with Crippen molar-refractivity contribution in [1.82, 2.24) is 16.0 Å². The summed E-state index contributed by atoms with van der Waals surface area (Å²) < 4.78 is 82.9. The van der Waals surface area contributed by atoms with E-state index in [-0.39, 0.29) is 18.6 Å². The third-order valence-electron chi connectivity index (χ3n) is 6.98. The molecular formula is C33H43F5N4O8. The zero-order chi connectivity index (χ0) is 38.0. The average Bonchev–Trinajstić information content (AvgIpc) is 3.02. The second-order valence-electron chi connectivity index (χ2n) is 12.7. The van der Waals surface area contributed by atoms with Crippen LogP contribution in [0.4, 0.5) is 22.0 Å². The van der Waals surface area contributed by atoms with E-state index >= 15 is 0 Å². The number of methoxy groups -OCH3 is 1. The zero-order valence-electron chi connectivity index (χ0n) is 28.4. The van der Waals surface area contributed by atoms with Gasteiger partial charge in [0.2, 0.25) is 11.8 Å². The van der Waals surface area contributed by atoms with E-state index in [2.05, 4.69) is 10.6 Å². The summed E-state index contributed by atoms with van der Waals surface area (Å²) in [6.45, 7) is 5.40. The molecule has 3 amide bonds. The van der Waals surface area contributed by atoms with Crippen LogP contribution in [0.1, 0.15) is 51.8 Å². The number of carbonyl (C=O) groups excluding carboxylic acids is 4. The first kappa shape index (κ1) is 41.7. The number of nitrogens with one attached hydrogen (secondary N) is 3. The number of hydrogen-bond donors (Lipinski definition) is 5. The van der Waals surface area contributed by atoms with Crippen LogP contribution in [-0.2, 0) is 30.3 Å². The molecule has 0 spiro atoms. The number of aliphatic hydroxyl groups is 1. The summed E-state index contributed by atoms with van der Waals surface area (Å²) in [5.41, 5.74) is 6.20. The van der Waals surface area contributed by atoms with Crippen molar-refractivity contribution in [2.45, 2.75) is 83.0 Å². The van der Waals surface area contributed by atoms with Crippen LogP contribution >= 0.6 is 0 Å². The Morgan fingerprint density at radius 1 is 0.860 bits per heavy atom. The molecule has 0 saturated carbocycles. The maximum atomic E-state index is 14.8. The van der Waals surface area contributed by atoms with Crippen LogP contribution in [-0.4, -0.2) is 84.9 Å². The summed E-state index contributed by atoms with van der Waals surface area (Å²) in [4.78, 5) is 50.6. The summed E-state index contributed by atoms with van der Waals surface area (Å²) in [6, 6.07) is 7.38. The van der Waals surface area contributed by atoms with Gasteiger partial charge in [-0.05, 0) is 68.5 Å². The number of ether oxygens (including phenoxy) is 3. The van der Waals surface area contributed by atoms with Crippen molar-refractivity contribution in [1.29, 1.82) is 0 Å². The van der Waals surface area contributed by atoms with E-state index in [0.29, 0.717) is 17.1 Å². The molecule has 2 rings (SSSR count). The first-order valence-electron chi connectivity index (χ1n) is 15.4. The fraction of sp³-hybridized carbons (Fsp3) is 0.515. The standard InChI is InChI=1S/C33H43F5N4O8/c1-18(2)25(27(44)33(37,38)30(47)40-17-32(34,35)36)41-29(46)26(20-9-13-21(48-6)14-10-20)42-28(45)23(39)15-19-7-11-22(12-8-19)49-16-24(43)50-31(3,4)5/h7-14,18,23,25-27,44H,15-17,39H2,1-6H3,(H,40,47)(H,41,46)(H,42,45)/t23-,25-,26-,27+/m0/s1. The molecule has 4 atom stereocenters. The maximum absolute atomic E-state index is 14.8. The fourth-order valence-electron chi connectivity index (χ4n) is 4.44.